The van der Waals surface area contributed by atoms with Crippen LogP contribution in [-0.4, -0.2) is 32.2 Å². The second-order valence-corrected chi connectivity index (χ2v) is 6.76. The zero-order valence-electron chi connectivity index (χ0n) is 13.9. The Labute approximate surface area is 144 Å². The van der Waals surface area contributed by atoms with Crippen molar-refractivity contribution in [3.8, 4) is 0 Å². The Morgan fingerprint density at radius 1 is 1.46 bits per heavy atom. The van der Waals surface area contributed by atoms with Gasteiger partial charge < -0.3 is 9.84 Å². The summed E-state index contributed by atoms with van der Waals surface area (Å²) >= 11 is 1.62. The third kappa shape index (κ3) is 4.08. The first-order valence-corrected chi connectivity index (χ1v) is 9.46. The second-order valence-electron chi connectivity index (χ2n) is 5.90. The Kier molecular flexibility index (Phi) is 5.39. The average Bonchev–Trinajstić information content (AvgIpc) is 3.27. The van der Waals surface area contributed by atoms with E-state index in [1.807, 2.05) is 23.9 Å². The first-order chi connectivity index (χ1) is 11.7. The molecule has 2 heterocycles. The van der Waals surface area contributed by atoms with Gasteiger partial charge in [-0.05, 0) is 26.0 Å². The molecule has 0 saturated heterocycles. The van der Waals surface area contributed by atoms with Gasteiger partial charge in [-0.2, -0.15) is 21.8 Å². The van der Waals surface area contributed by atoms with Gasteiger partial charge in [-0.25, -0.2) is 9.48 Å². The van der Waals surface area contributed by atoms with Gasteiger partial charge in [0.05, 0.1) is 24.0 Å². The summed E-state index contributed by atoms with van der Waals surface area (Å²) in [7, 11) is 0. The van der Waals surface area contributed by atoms with E-state index in [4.69, 9.17) is 4.52 Å². The number of thioether (sulfide) groups is 1. The van der Waals surface area contributed by atoms with Crippen LogP contribution in [0, 0.1) is 6.92 Å². The lowest BCUT2D eigenvalue weighted by Crippen LogP contribution is -2.29. The molecule has 130 valence electrons. The van der Waals surface area contributed by atoms with Crippen LogP contribution in [0.5, 0.6) is 0 Å². The van der Waals surface area contributed by atoms with Crippen molar-refractivity contribution in [1.82, 2.24) is 25.2 Å². The fraction of sp³-hybridized carbons (Fsp3) is 0.600. The number of carbonyl (C=O) groups excluding carboxylic acids is 1. The van der Waals surface area contributed by atoms with Crippen LogP contribution < -0.4 is 10.6 Å². The molecule has 0 unspecified atom stereocenters. The number of amides is 2. The maximum Gasteiger partial charge on any atom is 0.320 e. The Morgan fingerprint density at radius 3 is 3.00 bits per heavy atom. The summed E-state index contributed by atoms with van der Waals surface area (Å²) in [5.41, 5.74) is 0.899. The van der Waals surface area contributed by atoms with Crippen LogP contribution in [0.15, 0.2) is 10.6 Å². The van der Waals surface area contributed by atoms with Crippen LogP contribution in [0.1, 0.15) is 49.1 Å². The number of rotatable bonds is 6. The Bertz CT molecular complexity index is 692. The van der Waals surface area contributed by atoms with Gasteiger partial charge in [-0.3, -0.25) is 5.32 Å². The lowest BCUT2D eigenvalue weighted by atomic mass is 10.2. The molecule has 2 amide bonds. The summed E-state index contributed by atoms with van der Waals surface area (Å²) in [5, 5.41) is 14.0. The first-order valence-electron chi connectivity index (χ1n) is 8.07. The number of carbonyl (C=O) groups is 1. The van der Waals surface area contributed by atoms with E-state index < -0.39 is 0 Å². The molecule has 0 radical (unpaired) electrons. The highest BCUT2D eigenvalue weighted by Crippen LogP contribution is 2.31. The maximum absolute atomic E-state index is 12.1. The minimum absolute atomic E-state index is 0.198. The monoisotopic (exact) mass is 350 g/mol. The van der Waals surface area contributed by atoms with Crippen molar-refractivity contribution < 1.29 is 9.32 Å². The Morgan fingerprint density at radius 2 is 2.25 bits per heavy atom. The van der Waals surface area contributed by atoms with Gasteiger partial charge >= 0.3 is 6.03 Å². The van der Waals surface area contributed by atoms with Crippen LogP contribution in [0.2, 0.25) is 0 Å². The van der Waals surface area contributed by atoms with Crippen LogP contribution >= 0.6 is 11.8 Å². The van der Waals surface area contributed by atoms with E-state index in [1.165, 1.54) is 12.8 Å². The number of aromatic nitrogens is 4. The van der Waals surface area contributed by atoms with Crippen molar-refractivity contribution in [3.63, 3.8) is 0 Å². The molecule has 1 aliphatic carbocycles. The van der Waals surface area contributed by atoms with Crippen LogP contribution in [0.25, 0.3) is 0 Å². The summed E-state index contributed by atoms with van der Waals surface area (Å²) in [6, 6.07) is 1.96. The zero-order valence-corrected chi connectivity index (χ0v) is 14.7. The molecule has 1 aliphatic rings. The standard InChI is InChI=1S/C15H22N6O2S/c1-10-7-13(21(19-10)11-5-3-4-6-11)18-15(22)16-8-14-17-12(9-24-2)20-23-14/h7,11H,3-6,8-9H2,1-2H3,(H2,16,18,22). The molecule has 24 heavy (non-hydrogen) atoms. The number of hydrogen-bond acceptors (Lipinski definition) is 6. The third-order valence-electron chi connectivity index (χ3n) is 3.95. The topological polar surface area (TPSA) is 97.9 Å². The van der Waals surface area contributed by atoms with Gasteiger partial charge in [-0.1, -0.05) is 18.0 Å². The van der Waals surface area contributed by atoms with Crippen LogP contribution in [0.4, 0.5) is 10.6 Å². The minimum atomic E-state index is -0.307. The summed E-state index contributed by atoms with van der Waals surface area (Å²) in [6.45, 7) is 2.13. The molecule has 1 fully saturated rings. The summed E-state index contributed by atoms with van der Waals surface area (Å²) in [6.07, 6.45) is 6.61. The fourth-order valence-corrected chi connectivity index (χ4v) is 3.28. The maximum atomic E-state index is 12.1. The number of nitrogens with zero attached hydrogens (tertiary/aromatic N) is 4. The molecule has 0 aliphatic heterocycles. The Balaban J connectivity index is 1.56. The molecule has 2 N–H and O–H groups in total. The lowest BCUT2D eigenvalue weighted by Gasteiger charge is -2.14. The van der Waals surface area contributed by atoms with Gasteiger partial charge in [0, 0.05) is 6.07 Å². The summed E-state index contributed by atoms with van der Waals surface area (Å²) < 4.78 is 7.03. The second kappa shape index (κ2) is 7.69. The SMILES string of the molecule is CSCc1noc(CNC(=O)Nc2cc(C)nn2C2CCCC2)n1. The molecule has 3 rings (SSSR count). The van der Waals surface area contributed by atoms with Gasteiger partial charge in [0.1, 0.15) is 5.82 Å². The molecule has 0 atom stereocenters. The van der Waals surface area contributed by atoms with Gasteiger partial charge in [0.2, 0.25) is 5.89 Å². The Hall–Kier alpha value is -2.03. The molecule has 1 saturated carbocycles. The minimum Gasteiger partial charge on any atom is -0.337 e. The highest BCUT2D eigenvalue weighted by molar-refractivity contribution is 7.97. The summed E-state index contributed by atoms with van der Waals surface area (Å²) in [5.74, 6) is 2.45. The van der Waals surface area contributed by atoms with Crippen molar-refractivity contribution in [1.29, 1.82) is 0 Å². The van der Waals surface area contributed by atoms with Crippen LogP contribution in [0.3, 0.4) is 0 Å². The molecule has 0 bridgehead atoms. The largest absolute Gasteiger partial charge is 0.337 e. The predicted octanol–water partition coefficient (Wildman–Crippen LogP) is 2.87. The van der Waals surface area contributed by atoms with E-state index in [1.54, 1.807) is 11.8 Å². The fourth-order valence-electron chi connectivity index (χ4n) is 2.90. The molecule has 8 nitrogen and oxygen atoms in total. The molecular formula is C15H22N6O2S. The van der Waals surface area contributed by atoms with Gasteiger partial charge in [-0.15, -0.1) is 0 Å². The number of urea groups is 1. The van der Waals surface area contributed by atoms with Gasteiger partial charge in [0.15, 0.2) is 5.82 Å². The van der Waals surface area contributed by atoms with Crippen LogP contribution in [-0.2, 0) is 12.3 Å². The number of aryl methyl sites for hydroxylation is 1. The van der Waals surface area contributed by atoms with E-state index in [2.05, 4.69) is 25.9 Å². The number of nitrogens with one attached hydrogen (secondary N) is 2. The van der Waals surface area contributed by atoms with E-state index in [0.29, 0.717) is 23.5 Å². The third-order valence-corrected chi connectivity index (χ3v) is 4.50. The quantitative estimate of drug-likeness (QED) is 0.831. The zero-order chi connectivity index (χ0) is 16.9. The molecular weight excluding hydrogens is 328 g/mol. The molecule has 0 spiro atoms. The first kappa shape index (κ1) is 16.8. The molecule has 0 aromatic carbocycles. The van der Waals surface area contributed by atoms with Crippen molar-refractivity contribution in [2.75, 3.05) is 11.6 Å². The average molecular weight is 350 g/mol. The van der Waals surface area contributed by atoms with Crippen molar-refractivity contribution in [3.05, 3.63) is 23.5 Å². The molecule has 2 aromatic heterocycles. The highest BCUT2D eigenvalue weighted by Gasteiger charge is 2.21. The smallest absolute Gasteiger partial charge is 0.320 e. The highest BCUT2D eigenvalue weighted by atomic mass is 32.2. The lowest BCUT2D eigenvalue weighted by molar-refractivity contribution is 0.249. The molecule has 2 aromatic rings. The predicted molar refractivity (Wildman–Crippen MR) is 91.8 cm³/mol. The number of anilines is 1. The van der Waals surface area contributed by atoms with Gasteiger partial charge in [0.25, 0.3) is 0 Å². The van der Waals surface area contributed by atoms with Crippen molar-refractivity contribution >= 4 is 23.6 Å². The van der Waals surface area contributed by atoms with E-state index in [-0.39, 0.29) is 12.6 Å². The van der Waals surface area contributed by atoms with E-state index in [9.17, 15) is 4.79 Å². The van der Waals surface area contributed by atoms with Crippen molar-refractivity contribution in [2.45, 2.75) is 50.9 Å². The normalized spacial score (nSPS) is 14.9. The van der Waals surface area contributed by atoms with E-state index in [0.717, 1.165) is 24.4 Å². The molecule has 9 heteroatoms. The number of hydrogen-bond donors (Lipinski definition) is 2. The van der Waals surface area contributed by atoms with E-state index >= 15 is 0 Å². The summed E-state index contributed by atoms with van der Waals surface area (Å²) in [4.78, 5) is 16.3. The van der Waals surface area contributed by atoms with Crippen molar-refractivity contribution in [2.24, 2.45) is 0 Å².